The molecule has 14 heteroatoms. The Balaban J connectivity index is 2.14. The SMILES string of the molecule is CC(=O)OC[C@@H](O)[C@@H]1O[C@@H](OCC(O)CO)[C@H](O[C@H]2O[C@H](CO)[C@@H](O)[C@H](O)[C@H]2O)[C@H]1O. The van der Waals surface area contributed by atoms with Crippen molar-refractivity contribution in [3.63, 3.8) is 0 Å². The fourth-order valence-electron chi connectivity index (χ4n) is 3.15. The summed E-state index contributed by atoms with van der Waals surface area (Å²) >= 11 is 0. The number of ether oxygens (including phenoxy) is 5. The molecule has 0 aromatic rings. The molecule has 2 fully saturated rings. The molecule has 0 aliphatic carbocycles. The minimum Gasteiger partial charge on any atom is -0.463 e. The molecule has 2 aliphatic heterocycles. The normalized spacial score (nSPS) is 40.5. The van der Waals surface area contributed by atoms with Crippen molar-refractivity contribution >= 4 is 5.97 Å². The zero-order valence-corrected chi connectivity index (χ0v) is 16.7. The van der Waals surface area contributed by atoms with Gasteiger partial charge in [-0.1, -0.05) is 0 Å². The van der Waals surface area contributed by atoms with E-state index in [0.717, 1.165) is 6.92 Å². The van der Waals surface area contributed by atoms with Crippen LogP contribution in [-0.2, 0) is 28.5 Å². The second-order valence-electron chi connectivity index (χ2n) is 7.30. The summed E-state index contributed by atoms with van der Waals surface area (Å²) in [5, 5.41) is 78.4. The highest BCUT2D eigenvalue weighted by molar-refractivity contribution is 5.65. The maximum atomic E-state index is 11.0. The highest BCUT2D eigenvalue weighted by Gasteiger charge is 2.52. The lowest BCUT2D eigenvalue weighted by Gasteiger charge is -2.41. The number of carbonyl (C=O) groups is 1. The van der Waals surface area contributed by atoms with E-state index in [4.69, 9.17) is 24.1 Å². The van der Waals surface area contributed by atoms with E-state index in [-0.39, 0.29) is 0 Å². The van der Waals surface area contributed by atoms with Gasteiger partial charge in [-0.15, -0.1) is 0 Å². The summed E-state index contributed by atoms with van der Waals surface area (Å²) in [5.74, 6) is -0.681. The van der Waals surface area contributed by atoms with Gasteiger partial charge in [0.2, 0.25) is 0 Å². The molecule has 31 heavy (non-hydrogen) atoms. The Hall–Kier alpha value is -1.01. The lowest BCUT2D eigenvalue weighted by atomic mass is 9.99. The fraction of sp³-hybridized carbons (Fsp3) is 0.941. The average molecular weight is 458 g/mol. The van der Waals surface area contributed by atoms with Gasteiger partial charge in [0.05, 0.1) is 19.8 Å². The minimum atomic E-state index is -1.78. The third kappa shape index (κ3) is 6.50. The van der Waals surface area contributed by atoms with Crippen LogP contribution in [0.15, 0.2) is 0 Å². The highest BCUT2D eigenvalue weighted by Crippen LogP contribution is 2.31. The van der Waals surface area contributed by atoms with Crippen molar-refractivity contribution in [2.75, 3.05) is 26.4 Å². The highest BCUT2D eigenvalue weighted by atomic mass is 16.8. The van der Waals surface area contributed by atoms with Gasteiger partial charge in [-0.25, -0.2) is 0 Å². The van der Waals surface area contributed by atoms with Crippen LogP contribution in [0.4, 0.5) is 0 Å². The standard InChI is InChI=1S/C17H30O14/c1-6(20)27-5-8(22)14-13(26)15(17(30-14)28-4-7(21)2-18)31-16-12(25)11(24)10(23)9(3-19)29-16/h7-19,21-26H,2-5H2,1H3/t7?,8-,9-,10-,11+,12-,13+,14+,15-,16-,17-/m1/s1. The zero-order valence-electron chi connectivity index (χ0n) is 16.7. The number of hydrogen-bond acceptors (Lipinski definition) is 14. The van der Waals surface area contributed by atoms with Crippen molar-refractivity contribution < 1.29 is 69.3 Å². The quantitative estimate of drug-likeness (QED) is 0.143. The molecule has 1 unspecified atom stereocenters. The van der Waals surface area contributed by atoms with E-state index < -0.39 is 99.9 Å². The Labute approximate surface area is 177 Å². The van der Waals surface area contributed by atoms with E-state index in [9.17, 15) is 40.5 Å². The van der Waals surface area contributed by atoms with Crippen LogP contribution in [0.3, 0.4) is 0 Å². The van der Waals surface area contributed by atoms with E-state index in [1.165, 1.54) is 0 Å². The monoisotopic (exact) mass is 458 g/mol. The van der Waals surface area contributed by atoms with Crippen LogP contribution in [-0.4, -0.2) is 141 Å². The van der Waals surface area contributed by atoms with Crippen molar-refractivity contribution in [1.82, 2.24) is 0 Å². The lowest BCUT2D eigenvalue weighted by Crippen LogP contribution is -2.60. The van der Waals surface area contributed by atoms with Gasteiger partial charge in [0.15, 0.2) is 12.6 Å². The largest absolute Gasteiger partial charge is 0.463 e. The first-order valence-corrected chi connectivity index (χ1v) is 9.62. The van der Waals surface area contributed by atoms with Gasteiger partial charge in [-0.2, -0.15) is 0 Å². The maximum absolute atomic E-state index is 11.0. The van der Waals surface area contributed by atoms with E-state index in [1.807, 2.05) is 0 Å². The molecule has 8 N–H and O–H groups in total. The van der Waals surface area contributed by atoms with Gasteiger partial charge in [-0.05, 0) is 0 Å². The van der Waals surface area contributed by atoms with Crippen LogP contribution in [0.2, 0.25) is 0 Å². The molecule has 0 bridgehead atoms. The topological polar surface area (TPSA) is 225 Å². The Morgan fingerprint density at radius 3 is 2.19 bits per heavy atom. The van der Waals surface area contributed by atoms with Gasteiger partial charge in [0.1, 0.15) is 61.5 Å². The summed E-state index contributed by atoms with van der Waals surface area (Å²) in [6, 6.07) is 0. The molecule has 2 saturated heterocycles. The van der Waals surface area contributed by atoms with Crippen LogP contribution < -0.4 is 0 Å². The third-order valence-electron chi connectivity index (χ3n) is 4.87. The summed E-state index contributed by atoms with van der Waals surface area (Å²) < 4.78 is 26.1. The van der Waals surface area contributed by atoms with Crippen molar-refractivity contribution in [3.05, 3.63) is 0 Å². The van der Waals surface area contributed by atoms with Gasteiger partial charge < -0.3 is 64.5 Å². The summed E-state index contributed by atoms with van der Waals surface area (Å²) in [7, 11) is 0. The Kier molecular flexibility index (Phi) is 9.94. The van der Waals surface area contributed by atoms with Crippen LogP contribution in [0.25, 0.3) is 0 Å². The van der Waals surface area contributed by atoms with Gasteiger partial charge in [0, 0.05) is 6.92 Å². The summed E-state index contributed by atoms with van der Waals surface area (Å²) in [4.78, 5) is 11.0. The number of rotatable bonds is 10. The minimum absolute atomic E-state index is 0.449. The summed E-state index contributed by atoms with van der Waals surface area (Å²) in [6.45, 7) is -1.19. The van der Waals surface area contributed by atoms with E-state index in [0.29, 0.717) is 0 Å². The summed E-state index contributed by atoms with van der Waals surface area (Å²) in [5.41, 5.74) is 0. The summed E-state index contributed by atoms with van der Waals surface area (Å²) in [6.07, 6.45) is -16.8. The third-order valence-corrected chi connectivity index (χ3v) is 4.87. The average Bonchev–Trinajstić information content (AvgIpc) is 3.05. The van der Waals surface area contributed by atoms with Crippen molar-refractivity contribution in [3.8, 4) is 0 Å². The molecule has 2 heterocycles. The molecule has 2 rings (SSSR count). The predicted molar refractivity (Wildman–Crippen MR) is 95.0 cm³/mol. The fourth-order valence-corrected chi connectivity index (χ4v) is 3.15. The van der Waals surface area contributed by atoms with Crippen LogP contribution in [0.1, 0.15) is 6.92 Å². The molecular weight excluding hydrogens is 428 g/mol. The molecule has 2 aliphatic rings. The molecule has 0 saturated carbocycles. The van der Waals surface area contributed by atoms with Gasteiger partial charge in [-0.3, -0.25) is 4.79 Å². The van der Waals surface area contributed by atoms with Crippen LogP contribution >= 0.6 is 0 Å². The van der Waals surface area contributed by atoms with Crippen molar-refractivity contribution in [2.45, 2.75) is 74.4 Å². The Bertz CT molecular complexity index is 561. The maximum Gasteiger partial charge on any atom is 0.302 e. The smallest absolute Gasteiger partial charge is 0.302 e. The second kappa shape index (κ2) is 11.7. The molecular formula is C17H30O14. The molecule has 0 amide bonds. The molecule has 0 aromatic heterocycles. The van der Waals surface area contributed by atoms with E-state index >= 15 is 0 Å². The van der Waals surface area contributed by atoms with Gasteiger partial charge >= 0.3 is 5.97 Å². The lowest BCUT2D eigenvalue weighted by molar-refractivity contribution is -0.327. The second-order valence-corrected chi connectivity index (χ2v) is 7.30. The first-order chi connectivity index (χ1) is 14.6. The zero-order chi connectivity index (χ0) is 23.3. The Morgan fingerprint density at radius 1 is 0.935 bits per heavy atom. The molecule has 0 radical (unpaired) electrons. The first kappa shape index (κ1) is 26.2. The number of hydrogen-bond donors (Lipinski definition) is 8. The van der Waals surface area contributed by atoms with Crippen molar-refractivity contribution in [1.29, 1.82) is 0 Å². The molecule has 182 valence electrons. The van der Waals surface area contributed by atoms with Gasteiger partial charge in [0.25, 0.3) is 0 Å². The number of esters is 1. The molecule has 0 spiro atoms. The molecule has 14 nitrogen and oxygen atoms in total. The molecule has 0 aromatic carbocycles. The van der Waals surface area contributed by atoms with Crippen LogP contribution in [0, 0.1) is 0 Å². The Morgan fingerprint density at radius 2 is 1.61 bits per heavy atom. The van der Waals surface area contributed by atoms with Crippen molar-refractivity contribution in [2.24, 2.45) is 0 Å². The number of carbonyl (C=O) groups excluding carboxylic acids is 1. The van der Waals surface area contributed by atoms with E-state index in [2.05, 4.69) is 4.74 Å². The van der Waals surface area contributed by atoms with Crippen LogP contribution in [0.5, 0.6) is 0 Å². The number of aliphatic hydroxyl groups is 8. The van der Waals surface area contributed by atoms with E-state index in [1.54, 1.807) is 0 Å². The number of aliphatic hydroxyl groups excluding tert-OH is 8. The molecule has 11 atom stereocenters. The predicted octanol–water partition coefficient (Wildman–Crippen LogP) is -5.45. The first-order valence-electron chi connectivity index (χ1n) is 9.62.